The van der Waals surface area contributed by atoms with Crippen molar-refractivity contribution in [2.75, 3.05) is 26.7 Å². The fourth-order valence-electron chi connectivity index (χ4n) is 9.83. The van der Waals surface area contributed by atoms with E-state index in [-0.39, 0.29) is 46.4 Å². The number of ketones is 1. The van der Waals surface area contributed by atoms with E-state index in [0.29, 0.717) is 31.2 Å². The molecule has 1 N–H and O–H groups in total. The monoisotopic (exact) mass is 496 g/mol. The summed E-state index contributed by atoms with van der Waals surface area (Å²) >= 11 is 0. The van der Waals surface area contributed by atoms with E-state index in [4.69, 9.17) is 15.9 Å². The lowest BCUT2D eigenvalue weighted by Crippen LogP contribution is -2.58. The highest BCUT2D eigenvalue weighted by Crippen LogP contribution is 2.78. The zero-order valence-electron chi connectivity index (χ0n) is 21.9. The number of carbonyl (C=O) groups excluding carboxylic acids is 3. The predicted octanol–water partition coefficient (Wildman–Crippen LogP) is 3.41. The maximum Gasteiger partial charge on any atom is 0.414 e. The van der Waals surface area contributed by atoms with E-state index < -0.39 is 17.6 Å². The number of fused-ring (bicyclic) bond motifs is 2. The van der Waals surface area contributed by atoms with Gasteiger partial charge in [0.15, 0.2) is 0 Å². The number of rotatable bonds is 4. The molecule has 2 aliphatic heterocycles. The van der Waals surface area contributed by atoms with E-state index in [1.165, 1.54) is 0 Å². The van der Waals surface area contributed by atoms with Crippen LogP contribution < -0.4 is 5.32 Å². The Hall–Kier alpha value is -1.91. The molecule has 6 rings (SSSR count). The molecule has 4 bridgehead atoms. The molecule has 0 aromatic rings. The van der Waals surface area contributed by atoms with Gasteiger partial charge in [0.05, 0.1) is 12.0 Å². The number of nitrogens with zero attached hydrogens (tertiary/aromatic N) is 1. The molecule has 2 heterocycles. The van der Waals surface area contributed by atoms with Gasteiger partial charge in [0.1, 0.15) is 11.9 Å². The lowest BCUT2D eigenvalue weighted by molar-refractivity contribution is -0.160. The van der Waals surface area contributed by atoms with E-state index in [0.717, 1.165) is 51.6 Å². The Morgan fingerprint density at radius 2 is 1.97 bits per heavy atom. The number of methoxy groups -OCH3 is 1. The van der Waals surface area contributed by atoms with Crippen molar-refractivity contribution in [2.45, 2.75) is 77.4 Å². The molecular weight excluding hydrogens is 456 g/mol. The highest BCUT2D eigenvalue weighted by Gasteiger charge is 2.77. The van der Waals surface area contributed by atoms with Crippen molar-refractivity contribution in [3.05, 3.63) is 0 Å². The van der Waals surface area contributed by atoms with Gasteiger partial charge in [0.2, 0.25) is 5.91 Å². The first kappa shape index (κ1) is 24.4. The van der Waals surface area contributed by atoms with Crippen molar-refractivity contribution in [3.8, 4) is 12.3 Å². The number of terminal acetylenes is 1. The molecule has 4 aliphatic carbocycles. The highest BCUT2D eigenvalue weighted by atomic mass is 16.6. The third-order valence-electron chi connectivity index (χ3n) is 11.6. The van der Waals surface area contributed by atoms with Gasteiger partial charge in [0.25, 0.3) is 0 Å². The van der Waals surface area contributed by atoms with Crippen LogP contribution in [0.4, 0.5) is 4.79 Å². The van der Waals surface area contributed by atoms with E-state index in [9.17, 15) is 14.4 Å². The number of Topliss-reactive ketones (excluding diaryl/α,β-unsaturated/α-hetero) is 1. The number of piperidine rings is 1. The van der Waals surface area contributed by atoms with Crippen LogP contribution in [0.1, 0.15) is 65.2 Å². The van der Waals surface area contributed by atoms with E-state index in [1.807, 2.05) is 6.92 Å². The summed E-state index contributed by atoms with van der Waals surface area (Å²) in [5.74, 6) is 3.40. The summed E-state index contributed by atoms with van der Waals surface area (Å²) in [4.78, 5) is 42.6. The van der Waals surface area contributed by atoms with Crippen LogP contribution >= 0.6 is 0 Å². The largest absolute Gasteiger partial charge is 0.445 e. The van der Waals surface area contributed by atoms with Crippen molar-refractivity contribution in [1.29, 1.82) is 0 Å². The van der Waals surface area contributed by atoms with Gasteiger partial charge in [-0.05, 0) is 68.7 Å². The van der Waals surface area contributed by atoms with Crippen molar-refractivity contribution >= 4 is 17.8 Å². The Morgan fingerprint density at radius 1 is 1.19 bits per heavy atom. The molecule has 196 valence electrons. The molecule has 2 saturated heterocycles. The van der Waals surface area contributed by atoms with Gasteiger partial charge in [-0.2, -0.15) is 0 Å². The summed E-state index contributed by atoms with van der Waals surface area (Å²) in [6.45, 7) is 6.75. The van der Waals surface area contributed by atoms with Crippen LogP contribution in [0, 0.1) is 58.2 Å². The number of hydrogen-bond donors (Lipinski definition) is 1. The van der Waals surface area contributed by atoms with Gasteiger partial charge in [-0.15, -0.1) is 12.3 Å². The molecule has 0 aromatic carbocycles. The molecule has 4 saturated carbocycles. The SMILES string of the molecule is C#CC[C@]1(C)C[C@@H](OC(=O)NC(=O)[C@H]2CN3CC[C@@H]2C3)[C@]23C[C@@H]2CCC2(CC[C@@H](OC)C23)[C@@H](C)C1=O. The molecule has 0 aromatic heterocycles. The molecular formula is C29H40N2O5. The Kier molecular flexibility index (Phi) is 5.63. The van der Waals surface area contributed by atoms with Crippen LogP contribution in [0.2, 0.25) is 0 Å². The minimum Gasteiger partial charge on any atom is -0.445 e. The molecule has 2 amide bonds. The number of imide groups is 1. The zero-order valence-corrected chi connectivity index (χ0v) is 21.9. The molecule has 6 fully saturated rings. The summed E-state index contributed by atoms with van der Waals surface area (Å²) in [6, 6.07) is 0. The highest BCUT2D eigenvalue weighted by molar-refractivity contribution is 5.94. The normalized spacial score (nSPS) is 50.3. The predicted molar refractivity (Wildman–Crippen MR) is 133 cm³/mol. The van der Waals surface area contributed by atoms with Crippen LogP contribution in [0.3, 0.4) is 0 Å². The van der Waals surface area contributed by atoms with Gasteiger partial charge in [0, 0.05) is 49.3 Å². The van der Waals surface area contributed by atoms with Crippen molar-refractivity contribution < 1.29 is 23.9 Å². The number of nitrogens with one attached hydrogen (secondary N) is 1. The van der Waals surface area contributed by atoms with Gasteiger partial charge >= 0.3 is 6.09 Å². The Balaban J connectivity index is 1.31. The number of amides is 2. The van der Waals surface area contributed by atoms with E-state index in [1.54, 1.807) is 7.11 Å². The fraction of sp³-hybridized carbons (Fsp3) is 0.828. The van der Waals surface area contributed by atoms with Crippen LogP contribution in [-0.2, 0) is 19.1 Å². The second-order valence-electron chi connectivity index (χ2n) is 13.1. The minimum absolute atomic E-state index is 0.0569. The first-order chi connectivity index (χ1) is 17.2. The smallest absolute Gasteiger partial charge is 0.414 e. The zero-order chi connectivity index (χ0) is 25.5. The first-order valence-corrected chi connectivity index (χ1v) is 13.9. The summed E-state index contributed by atoms with van der Waals surface area (Å²) in [7, 11) is 1.77. The Bertz CT molecular complexity index is 1020. The molecule has 11 atom stereocenters. The van der Waals surface area contributed by atoms with Crippen LogP contribution in [-0.4, -0.2) is 61.6 Å². The Labute approximate surface area is 214 Å². The third-order valence-corrected chi connectivity index (χ3v) is 11.6. The minimum atomic E-state index is -0.762. The maximum atomic E-state index is 14.1. The van der Waals surface area contributed by atoms with Gasteiger partial charge in [-0.3, -0.25) is 14.9 Å². The van der Waals surface area contributed by atoms with Crippen molar-refractivity contribution in [3.63, 3.8) is 0 Å². The quantitative estimate of drug-likeness (QED) is 0.601. The molecule has 0 radical (unpaired) electrons. The van der Waals surface area contributed by atoms with Gasteiger partial charge < -0.3 is 14.4 Å². The topological polar surface area (TPSA) is 84.9 Å². The molecule has 7 nitrogen and oxygen atoms in total. The van der Waals surface area contributed by atoms with Crippen molar-refractivity contribution in [2.24, 2.45) is 45.8 Å². The van der Waals surface area contributed by atoms with Crippen LogP contribution in [0.15, 0.2) is 0 Å². The standard InChI is InChI=1S/C29H40N2O5/c1-5-9-27(3)14-22(36-26(34)30-25(33)20-16-31-12-8-18(20)15-31)29-13-19(29)6-10-28(17(2)24(27)32)11-7-21(35-4)23(28)29/h1,17-23H,6-16H2,2-4H3,(H,30,33,34)/t17-,18+,19-,20-,21+,22+,23?,27+,28?,29-/m0/s1. The number of carbonyl (C=O) groups is 3. The van der Waals surface area contributed by atoms with Crippen LogP contribution in [0.25, 0.3) is 0 Å². The summed E-state index contributed by atoms with van der Waals surface area (Å²) < 4.78 is 12.3. The second kappa shape index (κ2) is 8.30. The number of alkyl carbamates (subject to hydrolysis) is 1. The van der Waals surface area contributed by atoms with Gasteiger partial charge in [-0.25, -0.2) is 4.79 Å². The summed E-state index contributed by atoms with van der Waals surface area (Å²) in [6.07, 6.45) is 11.4. The summed E-state index contributed by atoms with van der Waals surface area (Å²) in [5, 5.41) is 2.58. The maximum absolute atomic E-state index is 14.1. The Morgan fingerprint density at radius 3 is 2.64 bits per heavy atom. The number of ether oxygens (including phenoxy) is 2. The average molecular weight is 497 g/mol. The lowest BCUT2D eigenvalue weighted by atomic mass is 9.50. The third kappa shape index (κ3) is 3.29. The molecule has 3 unspecified atom stereocenters. The van der Waals surface area contributed by atoms with Crippen LogP contribution in [0.5, 0.6) is 0 Å². The molecule has 6 aliphatic rings. The number of hydrogen-bond acceptors (Lipinski definition) is 6. The van der Waals surface area contributed by atoms with E-state index in [2.05, 4.69) is 23.1 Å². The average Bonchev–Trinajstić information content (AvgIpc) is 3.17. The van der Waals surface area contributed by atoms with Crippen molar-refractivity contribution in [1.82, 2.24) is 10.2 Å². The fourth-order valence-corrected chi connectivity index (χ4v) is 9.83. The molecule has 7 heteroatoms. The first-order valence-electron chi connectivity index (χ1n) is 13.9. The lowest BCUT2D eigenvalue weighted by Gasteiger charge is -2.55. The summed E-state index contributed by atoms with van der Waals surface area (Å²) in [5.41, 5.74) is -1.12. The van der Waals surface area contributed by atoms with Gasteiger partial charge in [-0.1, -0.05) is 13.8 Å². The molecule has 1 spiro atoms. The van der Waals surface area contributed by atoms with E-state index >= 15 is 0 Å². The second-order valence-corrected chi connectivity index (χ2v) is 13.1. The molecule has 36 heavy (non-hydrogen) atoms.